The van der Waals surface area contributed by atoms with Crippen molar-refractivity contribution < 1.29 is 9.90 Å². The van der Waals surface area contributed by atoms with E-state index in [2.05, 4.69) is 4.98 Å². The Hall–Kier alpha value is -1.43. The summed E-state index contributed by atoms with van der Waals surface area (Å²) in [5, 5.41) is 16.7. The van der Waals surface area contributed by atoms with Gasteiger partial charge in [0.2, 0.25) is 0 Å². The molecular formula is C6H9N3O2S. The lowest BCUT2D eigenvalue weighted by Gasteiger charge is -1.83. The van der Waals surface area contributed by atoms with Gasteiger partial charge in [0.25, 0.3) is 5.97 Å². The van der Waals surface area contributed by atoms with Crippen LogP contribution in [0, 0.1) is 5.41 Å². The highest BCUT2D eigenvalue weighted by atomic mass is 32.1. The number of nitrogens with zero attached hydrogens (tertiary/aromatic N) is 1. The van der Waals surface area contributed by atoms with E-state index in [1.54, 1.807) is 11.6 Å². The number of thiazole rings is 1. The summed E-state index contributed by atoms with van der Waals surface area (Å²) in [5.74, 6) is -0.792. The third-order valence-electron chi connectivity index (χ3n) is 0.663. The van der Waals surface area contributed by atoms with Gasteiger partial charge in [-0.25, -0.2) is 4.98 Å². The lowest BCUT2D eigenvalue weighted by Crippen LogP contribution is -2.09. The molecule has 0 radical (unpaired) electrons. The first-order valence-corrected chi connectivity index (χ1v) is 3.85. The van der Waals surface area contributed by atoms with Crippen LogP contribution in [0.4, 0.5) is 0 Å². The summed E-state index contributed by atoms with van der Waals surface area (Å²) in [5.41, 5.74) is 5.09. The van der Waals surface area contributed by atoms with Gasteiger partial charge in [0.05, 0.1) is 0 Å². The number of aromatic nitrogens is 1. The SMILES string of the molecule is CC(=O)O.N=C(N)c1nccs1. The first-order chi connectivity index (χ1) is 5.54. The van der Waals surface area contributed by atoms with Gasteiger partial charge in [0, 0.05) is 18.5 Å². The molecule has 1 rings (SSSR count). The Labute approximate surface area is 73.4 Å². The molecule has 0 aromatic carbocycles. The molecule has 0 bridgehead atoms. The third kappa shape index (κ3) is 5.36. The zero-order valence-corrected chi connectivity index (χ0v) is 7.26. The molecule has 0 aliphatic carbocycles. The summed E-state index contributed by atoms with van der Waals surface area (Å²) in [7, 11) is 0. The summed E-state index contributed by atoms with van der Waals surface area (Å²) in [6, 6.07) is 0. The standard InChI is InChI=1S/C4H5N3S.C2H4O2/c5-3(6)4-7-1-2-8-4;1-2(3)4/h1-2H,(H3,5,6);1H3,(H,3,4). The van der Waals surface area contributed by atoms with E-state index in [1.165, 1.54) is 11.3 Å². The van der Waals surface area contributed by atoms with Crippen LogP contribution < -0.4 is 5.73 Å². The van der Waals surface area contributed by atoms with E-state index in [1.807, 2.05) is 0 Å². The van der Waals surface area contributed by atoms with Crippen LogP contribution in [0.3, 0.4) is 0 Å². The fourth-order valence-electron chi connectivity index (χ4n) is 0.356. The van der Waals surface area contributed by atoms with Gasteiger partial charge in [-0.2, -0.15) is 0 Å². The number of nitrogen functional groups attached to an aromatic ring is 1. The van der Waals surface area contributed by atoms with Crippen LogP contribution in [0.5, 0.6) is 0 Å². The minimum atomic E-state index is -0.833. The van der Waals surface area contributed by atoms with Gasteiger partial charge in [-0.05, 0) is 0 Å². The number of carbonyl (C=O) groups is 1. The quantitative estimate of drug-likeness (QED) is 0.440. The minimum Gasteiger partial charge on any atom is -0.481 e. The number of nitrogens with two attached hydrogens (primary N) is 1. The second-order valence-corrected chi connectivity index (χ2v) is 2.66. The molecule has 5 nitrogen and oxygen atoms in total. The van der Waals surface area contributed by atoms with Crippen LogP contribution in [0.1, 0.15) is 11.9 Å². The zero-order chi connectivity index (χ0) is 9.56. The van der Waals surface area contributed by atoms with Crippen LogP contribution >= 0.6 is 11.3 Å². The largest absolute Gasteiger partial charge is 0.481 e. The first-order valence-electron chi connectivity index (χ1n) is 2.97. The highest BCUT2D eigenvalue weighted by Gasteiger charge is 1.94. The van der Waals surface area contributed by atoms with Gasteiger partial charge >= 0.3 is 0 Å². The molecule has 0 amide bonds. The summed E-state index contributed by atoms with van der Waals surface area (Å²) < 4.78 is 0. The summed E-state index contributed by atoms with van der Waals surface area (Å²) in [6.07, 6.45) is 1.63. The average Bonchev–Trinajstić information content (AvgIpc) is 2.34. The normalized spacial score (nSPS) is 8.08. The fourth-order valence-corrected chi connectivity index (χ4v) is 0.856. The average molecular weight is 187 g/mol. The molecule has 0 spiro atoms. The van der Waals surface area contributed by atoms with Gasteiger partial charge in [0.1, 0.15) is 0 Å². The minimum absolute atomic E-state index is 0.0417. The van der Waals surface area contributed by atoms with Crippen molar-refractivity contribution in [2.24, 2.45) is 5.73 Å². The Morgan fingerprint density at radius 1 is 1.83 bits per heavy atom. The number of carboxylic acid groups (broad SMARTS) is 1. The van der Waals surface area contributed by atoms with E-state index < -0.39 is 5.97 Å². The molecule has 0 aliphatic rings. The highest BCUT2D eigenvalue weighted by molar-refractivity contribution is 7.11. The van der Waals surface area contributed by atoms with E-state index in [0.717, 1.165) is 6.92 Å². The summed E-state index contributed by atoms with van der Waals surface area (Å²) in [4.78, 5) is 12.8. The number of aliphatic carboxylic acids is 1. The number of rotatable bonds is 1. The maximum Gasteiger partial charge on any atom is 0.300 e. The van der Waals surface area contributed by atoms with E-state index in [9.17, 15) is 0 Å². The molecule has 0 saturated carbocycles. The molecular weight excluding hydrogens is 178 g/mol. The second-order valence-electron chi connectivity index (χ2n) is 1.77. The first kappa shape index (κ1) is 10.6. The van der Waals surface area contributed by atoms with Crippen molar-refractivity contribution in [3.63, 3.8) is 0 Å². The number of hydrogen-bond acceptors (Lipinski definition) is 4. The molecule has 12 heavy (non-hydrogen) atoms. The Balaban J connectivity index is 0.000000261. The molecule has 0 saturated heterocycles. The van der Waals surface area contributed by atoms with E-state index in [0.29, 0.717) is 5.01 Å². The lowest BCUT2D eigenvalue weighted by atomic mass is 10.6. The van der Waals surface area contributed by atoms with Crippen molar-refractivity contribution in [3.8, 4) is 0 Å². The number of nitrogens with one attached hydrogen (secondary N) is 1. The van der Waals surface area contributed by atoms with Crippen LogP contribution in [0.15, 0.2) is 11.6 Å². The van der Waals surface area contributed by atoms with Gasteiger partial charge in [-0.1, -0.05) is 0 Å². The topological polar surface area (TPSA) is 100 Å². The lowest BCUT2D eigenvalue weighted by molar-refractivity contribution is -0.134. The summed E-state index contributed by atoms with van der Waals surface area (Å²) in [6.45, 7) is 1.08. The van der Waals surface area contributed by atoms with Crippen molar-refractivity contribution in [1.29, 1.82) is 5.41 Å². The Morgan fingerprint density at radius 2 is 2.33 bits per heavy atom. The predicted octanol–water partition coefficient (Wildman–Crippen LogP) is 0.518. The van der Waals surface area contributed by atoms with E-state index >= 15 is 0 Å². The van der Waals surface area contributed by atoms with Crippen LogP contribution in [-0.2, 0) is 4.79 Å². The Bertz CT molecular complexity index is 254. The Morgan fingerprint density at radius 3 is 2.50 bits per heavy atom. The van der Waals surface area contributed by atoms with Crippen LogP contribution in [0.25, 0.3) is 0 Å². The Kier molecular flexibility index (Phi) is 4.62. The van der Waals surface area contributed by atoms with Gasteiger partial charge < -0.3 is 10.8 Å². The van der Waals surface area contributed by atoms with E-state index in [4.69, 9.17) is 21.0 Å². The zero-order valence-electron chi connectivity index (χ0n) is 6.44. The third-order valence-corrected chi connectivity index (χ3v) is 1.47. The maximum absolute atomic E-state index is 9.00. The molecule has 1 aromatic heterocycles. The predicted molar refractivity (Wildman–Crippen MR) is 46.4 cm³/mol. The monoisotopic (exact) mass is 187 g/mol. The molecule has 0 fully saturated rings. The molecule has 0 unspecified atom stereocenters. The van der Waals surface area contributed by atoms with Gasteiger partial charge in [0.15, 0.2) is 10.8 Å². The van der Waals surface area contributed by atoms with Crippen molar-refractivity contribution >= 4 is 23.1 Å². The molecule has 66 valence electrons. The van der Waals surface area contributed by atoms with E-state index in [-0.39, 0.29) is 5.84 Å². The fraction of sp³-hybridized carbons (Fsp3) is 0.167. The molecule has 6 heteroatoms. The van der Waals surface area contributed by atoms with Crippen LogP contribution in [-0.4, -0.2) is 21.9 Å². The van der Waals surface area contributed by atoms with Crippen molar-refractivity contribution in [3.05, 3.63) is 16.6 Å². The smallest absolute Gasteiger partial charge is 0.300 e. The second kappa shape index (κ2) is 5.25. The van der Waals surface area contributed by atoms with Crippen LogP contribution in [0.2, 0.25) is 0 Å². The summed E-state index contributed by atoms with van der Waals surface area (Å²) >= 11 is 1.37. The number of carboxylic acids is 1. The van der Waals surface area contributed by atoms with Gasteiger partial charge in [-0.3, -0.25) is 10.2 Å². The van der Waals surface area contributed by atoms with Gasteiger partial charge in [-0.15, -0.1) is 11.3 Å². The van der Waals surface area contributed by atoms with Crippen molar-refractivity contribution in [2.45, 2.75) is 6.92 Å². The molecule has 0 aliphatic heterocycles. The number of amidine groups is 1. The molecule has 0 atom stereocenters. The molecule has 4 N–H and O–H groups in total. The van der Waals surface area contributed by atoms with Crippen molar-refractivity contribution in [1.82, 2.24) is 4.98 Å². The maximum atomic E-state index is 9.00. The molecule has 1 aromatic rings. The van der Waals surface area contributed by atoms with Crippen molar-refractivity contribution in [2.75, 3.05) is 0 Å². The number of hydrogen-bond donors (Lipinski definition) is 3. The molecule has 1 heterocycles. The highest BCUT2D eigenvalue weighted by Crippen LogP contribution is 2.00.